The van der Waals surface area contributed by atoms with Crippen molar-refractivity contribution in [2.24, 2.45) is 0 Å². The van der Waals surface area contributed by atoms with E-state index in [1.54, 1.807) is 0 Å². The first-order valence-electron chi connectivity index (χ1n) is 6.89. The molecule has 3 rings (SSSR count). The standard InChI is InChI=1S/C13H14N4O5/c18-11-13(4-1-6-16(13)12(19)20)5-7-15(11)9-2-3-10(14-8-9)17(21)22/h2-3,8H,1,4-7H2,(H,19,20). The summed E-state index contributed by atoms with van der Waals surface area (Å²) in [6, 6.07) is 2.69. The molecule has 0 aliphatic carbocycles. The van der Waals surface area contributed by atoms with Gasteiger partial charge in [-0.3, -0.25) is 9.69 Å². The third-order valence-corrected chi connectivity index (χ3v) is 4.34. The zero-order valence-corrected chi connectivity index (χ0v) is 11.6. The summed E-state index contributed by atoms with van der Waals surface area (Å²) < 4.78 is 0. The molecule has 0 bridgehead atoms. The quantitative estimate of drug-likeness (QED) is 0.649. The van der Waals surface area contributed by atoms with Gasteiger partial charge in [0.2, 0.25) is 0 Å². The number of aromatic nitrogens is 1. The minimum atomic E-state index is -1.09. The Balaban J connectivity index is 1.87. The lowest BCUT2D eigenvalue weighted by Crippen LogP contribution is -2.52. The Morgan fingerprint density at radius 2 is 2.14 bits per heavy atom. The summed E-state index contributed by atoms with van der Waals surface area (Å²) in [5.41, 5.74) is -0.544. The van der Waals surface area contributed by atoms with Gasteiger partial charge >= 0.3 is 11.9 Å². The second-order valence-corrected chi connectivity index (χ2v) is 5.41. The number of rotatable bonds is 2. The topological polar surface area (TPSA) is 117 Å². The van der Waals surface area contributed by atoms with E-state index in [1.807, 2.05) is 0 Å². The molecule has 9 heteroatoms. The Morgan fingerprint density at radius 1 is 1.36 bits per heavy atom. The van der Waals surface area contributed by atoms with E-state index < -0.39 is 16.6 Å². The van der Waals surface area contributed by atoms with Crippen molar-refractivity contribution in [3.05, 3.63) is 28.4 Å². The largest absolute Gasteiger partial charge is 0.465 e. The molecule has 0 saturated carbocycles. The molecule has 1 N–H and O–H groups in total. The van der Waals surface area contributed by atoms with Gasteiger partial charge in [-0.15, -0.1) is 0 Å². The molecule has 2 aliphatic heterocycles. The number of likely N-dealkylation sites (tertiary alicyclic amines) is 1. The highest BCUT2D eigenvalue weighted by Gasteiger charge is 2.55. The molecular weight excluding hydrogens is 292 g/mol. The van der Waals surface area contributed by atoms with Crippen molar-refractivity contribution in [3.63, 3.8) is 0 Å². The normalized spacial score (nSPS) is 24.3. The average Bonchev–Trinajstić information content (AvgIpc) is 3.06. The van der Waals surface area contributed by atoms with E-state index in [1.165, 1.54) is 28.1 Å². The van der Waals surface area contributed by atoms with Crippen LogP contribution in [0.2, 0.25) is 0 Å². The van der Waals surface area contributed by atoms with Gasteiger partial charge in [-0.1, -0.05) is 0 Å². The number of carboxylic acid groups (broad SMARTS) is 1. The number of carbonyl (C=O) groups excluding carboxylic acids is 1. The van der Waals surface area contributed by atoms with Crippen LogP contribution in [-0.2, 0) is 4.79 Å². The van der Waals surface area contributed by atoms with Gasteiger partial charge in [-0.25, -0.2) is 4.79 Å². The van der Waals surface area contributed by atoms with Crippen LogP contribution >= 0.6 is 0 Å². The van der Waals surface area contributed by atoms with Gasteiger partial charge < -0.3 is 20.1 Å². The lowest BCUT2D eigenvalue weighted by Gasteiger charge is -2.30. The van der Waals surface area contributed by atoms with Crippen molar-refractivity contribution in [1.82, 2.24) is 9.88 Å². The van der Waals surface area contributed by atoms with Crippen LogP contribution in [0, 0.1) is 10.1 Å². The maximum absolute atomic E-state index is 12.7. The first kappa shape index (κ1) is 14.2. The summed E-state index contributed by atoms with van der Waals surface area (Å²) in [6.45, 7) is 0.732. The number of nitrogens with zero attached hydrogens (tertiary/aromatic N) is 4. The van der Waals surface area contributed by atoms with Crippen molar-refractivity contribution in [1.29, 1.82) is 0 Å². The smallest absolute Gasteiger partial charge is 0.408 e. The Morgan fingerprint density at radius 3 is 2.73 bits per heavy atom. The van der Waals surface area contributed by atoms with Crippen LogP contribution in [0.3, 0.4) is 0 Å². The minimum absolute atomic E-state index is 0.275. The lowest BCUT2D eigenvalue weighted by molar-refractivity contribution is -0.389. The summed E-state index contributed by atoms with van der Waals surface area (Å²) in [5.74, 6) is -0.568. The van der Waals surface area contributed by atoms with E-state index in [0.29, 0.717) is 38.0 Å². The second-order valence-electron chi connectivity index (χ2n) is 5.41. The second kappa shape index (κ2) is 4.93. The highest BCUT2D eigenvalue weighted by atomic mass is 16.6. The molecular formula is C13H14N4O5. The fraction of sp³-hybridized carbons (Fsp3) is 0.462. The molecule has 1 unspecified atom stereocenters. The van der Waals surface area contributed by atoms with Gasteiger partial charge in [0.1, 0.15) is 5.54 Å². The van der Waals surface area contributed by atoms with Crippen LogP contribution in [0.4, 0.5) is 16.3 Å². The molecule has 1 aromatic heterocycles. The number of hydrogen-bond donors (Lipinski definition) is 1. The number of anilines is 1. The molecule has 116 valence electrons. The molecule has 1 aromatic rings. The monoisotopic (exact) mass is 306 g/mol. The molecule has 2 fully saturated rings. The fourth-order valence-corrected chi connectivity index (χ4v) is 3.29. The molecule has 0 radical (unpaired) electrons. The van der Waals surface area contributed by atoms with Crippen LogP contribution in [-0.4, -0.2) is 50.5 Å². The number of nitro groups is 1. The van der Waals surface area contributed by atoms with Crippen molar-refractivity contribution >= 4 is 23.5 Å². The van der Waals surface area contributed by atoms with Crippen molar-refractivity contribution in [2.45, 2.75) is 24.8 Å². The molecule has 0 aromatic carbocycles. The average molecular weight is 306 g/mol. The SMILES string of the molecule is O=C(O)N1CCCC12CCN(c1ccc([N+](=O)[O-])nc1)C2=O. The fourth-order valence-electron chi connectivity index (χ4n) is 3.29. The first-order chi connectivity index (χ1) is 10.5. The van der Waals surface area contributed by atoms with Crippen LogP contribution in [0.25, 0.3) is 0 Å². The predicted molar refractivity (Wildman–Crippen MR) is 74.6 cm³/mol. The third-order valence-electron chi connectivity index (χ3n) is 4.34. The summed E-state index contributed by atoms with van der Waals surface area (Å²) in [4.78, 5) is 40.4. The van der Waals surface area contributed by atoms with Gasteiger partial charge in [-0.2, -0.15) is 0 Å². The molecule has 9 nitrogen and oxygen atoms in total. The summed E-state index contributed by atoms with van der Waals surface area (Å²) in [6.07, 6.45) is 1.78. The van der Waals surface area contributed by atoms with E-state index >= 15 is 0 Å². The number of pyridine rings is 1. The molecule has 22 heavy (non-hydrogen) atoms. The van der Waals surface area contributed by atoms with Gasteiger partial charge in [0.25, 0.3) is 5.91 Å². The Hall–Kier alpha value is -2.71. The Kier molecular flexibility index (Phi) is 3.19. The minimum Gasteiger partial charge on any atom is -0.465 e. The summed E-state index contributed by atoms with van der Waals surface area (Å²) in [5, 5.41) is 19.9. The van der Waals surface area contributed by atoms with Crippen molar-refractivity contribution in [2.75, 3.05) is 18.0 Å². The Bertz CT molecular complexity index is 646. The number of hydrogen-bond acceptors (Lipinski definition) is 5. The molecule has 1 atom stereocenters. The number of amides is 2. The van der Waals surface area contributed by atoms with E-state index in [-0.39, 0.29) is 11.7 Å². The van der Waals surface area contributed by atoms with E-state index in [4.69, 9.17) is 0 Å². The lowest BCUT2D eigenvalue weighted by atomic mass is 9.94. The zero-order chi connectivity index (χ0) is 15.9. The highest BCUT2D eigenvalue weighted by Crippen LogP contribution is 2.40. The maximum Gasteiger partial charge on any atom is 0.408 e. The molecule has 3 heterocycles. The molecule has 1 spiro atoms. The van der Waals surface area contributed by atoms with Crippen LogP contribution in [0.15, 0.2) is 18.3 Å². The van der Waals surface area contributed by atoms with Gasteiger partial charge in [0.05, 0.1) is 5.69 Å². The highest BCUT2D eigenvalue weighted by molar-refractivity contribution is 6.04. The van der Waals surface area contributed by atoms with Crippen LogP contribution < -0.4 is 4.90 Å². The van der Waals surface area contributed by atoms with Gasteiger partial charge in [0.15, 0.2) is 6.20 Å². The van der Waals surface area contributed by atoms with E-state index in [9.17, 15) is 24.8 Å². The van der Waals surface area contributed by atoms with Crippen LogP contribution in [0.5, 0.6) is 0 Å². The van der Waals surface area contributed by atoms with E-state index in [2.05, 4.69) is 4.98 Å². The zero-order valence-electron chi connectivity index (χ0n) is 11.6. The Labute approximate surface area is 125 Å². The van der Waals surface area contributed by atoms with Crippen molar-refractivity contribution in [3.8, 4) is 0 Å². The molecule has 2 saturated heterocycles. The summed E-state index contributed by atoms with van der Waals surface area (Å²) >= 11 is 0. The number of carbonyl (C=O) groups is 2. The third kappa shape index (κ3) is 1.97. The molecule has 2 aliphatic rings. The van der Waals surface area contributed by atoms with E-state index in [0.717, 1.165) is 0 Å². The summed E-state index contributed by atoms with van der Waals surface area (Å²) in [7, 11) is 0. The van der Waals surface area contributed by atoms with Gasteiger partial charge in [-0.05, 0) is 35.2 Å². The molecule has 2 amide bonds. The first-order valence-corrected chi connectivity index (χ1v) is 6.89. The van der Waals surface area contributed by atoms with Gasteiger partial charge in [0, 0.05) is 19.2 Å². The maximum atomic E-state index is 12.7. The predicted octanol–water partition coefficient (Wildman–Crippen LogP) is 1.24. The van der Waals surface area contributed by atoms with Crippen molar-refractivity contribution < 1.29 is 19.6 Å². The van der Waals surface area contributed by atoms with Crippen LogP contribution in [0.1, 0.15) is 19.3 Å².